The van der Waals surface area contributed by atoms with Gasteiger partial charge in [0.1, 0.15) is 17.6 Å². The third-order valence-electron chi connectivity index (χ3n) is 2.43. The summed E-state index contributed by atoms with van der Waals surface area (Å²) in [4.78, 5) is 24.8. The monoisotopic (exact) mass is 282 g/mol. The highest BCUT2D eigenvalue weighted by atomic mass is 16.6. The van der Waals surface area contributed by atoms with E-state index in [-0.39, 0.29) is 5.91 Å². The van der Waals surface area contributed by atoms with Gasteiger partial charge in [-0.05, 0) is 33.8 Å². The van der Waals surface area contributed by atoms with Crippen LogP contribution >= 0.6 is 0 Å². The molecule has 6 heteroatoms. The van der Waals surface area contributed by atoms with Crippen LogP contribution in [0.1, 0.15) is 36.9 Å². The molecule has 1 aromatic rings. The van der Waals surface area contributed by atoms with Crippen LogP contribution in [-0.2, 0) is 4.74 Å². The number of likely N-dealkylation sites (N-methyl/N-ethyl adjacent to an activating group) is 1. The van der Waals surface area contributed by atoms with E-state index in [0.29, 0.717) is 24.4 Å². The lowest BCUT2D eigenvalue weighted by atomic mass is 10.2. The molecule has 0 fully saturated rings. The Kier molecular flexibility index (Phi) is 5.19. The van der Waals surface area contributed by atoms with Gasteiger partial charge in [0.15, 0.2) is 0 Å². The van der Waals surface area contributed by atoms with E-state index in [0.717, 1.165) is 0 Å². The molecule has 1 rings (SSSR count). The van der Waals surface area contributed by atoms with Crippen LogP contribution in [0, 0.1) is 6.92 Å². The zero-order chi connectivity index (χ0) is 15.3. The van der Waals surface area contributed by atoms with Gasteiger partial charge in [-0.1, -0.05) is 0 Å². The second-order valence-electron chi connectivity index (χ2n) is 5.60. The lowest BCUT2D eigenvalue weighted by molar-refractivity contribution is 0.0299. The van der Waals surface area contributed by atoms with Crippen LogP contribution in [0.5, 0.6) is 0 Å². The summed E-state index contributed by atoms with van der Waals surface area (Å²) in [7, 11) is 1.63. The van der Waals surface area contributed by atoms with Crippen molar-refractivity contribution >= 4 is 12.0 Å². The Hall–Kier alpha value is -1.98. The van der Waals surface area contributed by atoms with Crippen molar-refractivity contribution in [1.82, 2.24) is 10.2 Å². The van der Waals surface area contributed by atoms with E-state index in [1.807, 2.05) is 20.8 Å². The van der Waals surface area contributed by atoms with E-state index < -0.39 is 11.7 Å². The molecule has 0 atom stereocenters. The second-order valence-corrected chi connectivity index (χ2v) is 5.60. The normalized spacial score (nSPS) is 11.1. The van der Waals surface area contributed by atoms with Gasteiger partial charge in [-0.15, -0.1) is 0 Å². The molecule has 0 aliphatic carbocycles. The molecule has 1 N–H and O–H groups in total. The van der Waals surface area contributed by atoms with Gasteiger partial charge in [0.2, 0.25) is 0 Å². The minimum Gasteiger partial charge on any atom is -0.469 e. The summed E-state index contributed by atoms with van der Waals surface area (Å²) >= 11 is 0. The third kappa shape index (κ3) is 5.34. The third-order valence-corrected chi connectivity index (χ3v) is 2.43. The average molecular weight is 282 g/mol. The van der Waals surface area contributed by atoms with Crippen molar-refractivity contribution in [1.29, 1.82) is 0 Å². The van der Waals surface area contributed by atoms with Gasteiger partial charge in [0, 0.05) is 20.1 Å². The van der Waals surface area contributed by atoms with Crippen molar-refractivity contribution in [2.45, 2.75) is 33.3 Å². The SMILES string of the molecule is Cc1cc(C(=O)NCCN(C)C(=O)OC(C)(C)C)co1. The minimum atomic E-state index is -0.525. The van der Waals surface area contributed by atoms with Gasteiger partial charge in [0.05, 0.1) is 5.56 Å². The number of rotatable bonds is 4. The molecule has 6 nitrogen and oxygen atoms in total. The van der Waals surface area contributed by atoms with Crippen molar-refractivity contribution < 1.29 is 18.7 Å². The largest absolute Gasteiger partial charge is 0.469 e. The minimum absolute atomic E-state index is 0.223. The highest BCUT2D eigenvalue weighted by molar-refractivity contribution is 5.93. The van der Waals surface area contributed by atoms with Crippen LogP contribution in [-0.4, -0.2) is 42.6 Å². The number of furan rings is 1. The molecule has 0 radical (unpaired) electrons. The predicted molar refractivity (Wildman–Crippen MR) is 74.6 cm³/mol. The molecule has 0 saturated heterocycles. The Morgan fingerprint density at radius 1 is 1.40 bits per heavy atom. The van der Waals surface area contributed by atoms with E-state index in [1.54, 1.807) is 20.0 Å². The van der Waals surface area contributed by atoms with Gasteiger partial charge in [-0.3, -0.25) is 4.79 Å². The zero-order valence-electron chi connectivity index (χ0n) is 12.6. The number of nitrogens with zero attached hydrogens (tertiary/aromatic N) is 1. The Bertz CT molecular complexity index is 474. The van der Waals surface area contributed by atoms with Crippen molar-refractivity contribution in [3.05, 3.63) is 23.7 Å². The summed E-state index contributed by atoms with van der Waals surface area (Å²) in [6.07, 6.45) is 0.994. The van der Waals surface area contributed by atoms with Crippen molar-refractivity contribution in [3.63, 3.8) is 0 Å². The number of hydrogen-bond acceptors (Lipinski definition) is 4. The first-order valence-corrected chi connectivity index (χ1v) is 6.46. The summed E-state index contributed by atoms with van der Waals surface area (Å²) in [5.41, 5.74) is -0.0504. The molecule has 2 amide bonds. The van der Waals surface area contributed by atoms with Crippen LogP contribution < -0.4 is 5.32 Å². The van der Waals surface area contributed by atoms with Crippen molar-refractivity contribution in [2.75, 3.05) is 20.1 Å². The summed E-state index contributed by atoms with van der Waals surface area (Å²) in [5, 5.41) is 2.71. The highest BCUT2D eigenvalue weighted by Crippen LogP contribution is 2.09. The van der Waals surface area contributed by atoms with Crippen LogP contribution in [0.4, 0.5) is 4.79 Å². The molecule has 0 aromatic carbocycles. The maximum Gasteiger partial charge on any atom is 0.410 e. The van der Waals surface area contributed by atoms with E-state index >= 15 is 0 Å². The number of nitrogens with one attached hydrogen (secondary N) is 1. The number of ether oxygens (including phenoxy) is 1. The Morgan fingerprint density at radius 2 is 2.05 bits per heavy atom. The van der Waals surface area contributed by atoms with Gasteiger partial charge >= 0.3 is 6.09 Å². The molecular formula is C14H22N2O4. The van der Waals surface area contributed by atoms with Crippen LogP contribution in [0.25, 0.3) is 0 Å². The Labute approximate surface area is 119 Å². The first kappa shape index (κ1) is 16.1. The summed E-state index contributed by atoms with van der Waals surface area (Å²) in [5.74, 6) is 0.459. The summed E-state index contributed by atoms with van der Waals surface area (Å²) < 4.78 is 10.3. The molecular weight excluding hydrogens is 260 g/mol. The number of carbonyl (C=O) groups excluding carboxylic acids is 2. The summed E-state index contributed by atoms with van der Waals surface area (Å²) in [6.45, 7) is 7.91. The molecule has 0 aliphatic rings. The van der Waals surface area contributed by atoms with Gasteiger partial charge < -0.3 is 19.4 Å². The van der Waals surface area contributed by atoms with E-state index in [1.165, 1.54) is 11.2 Å². The lowest BCUT2D eigenvalue weighted by Crippen LogP contribution is -2.39. The number of amides is 2. The second kappa shape index (κ2) is 6.45. The van der Waals surface area contributed by atoms with Gasteiger partial charge in [0.25, 0.3) is 5.91 Å². The molecule has 0 aliphatic heterocycles. The predicted octanol–water partition coefficient (Wildman–Crippen LogP) is 2.18. The maximum absolute atomic E-state index is 11.7. The average Bonchev–Trinajstić information content (AvgIpc) is 2.73. The quantitative estimate of drug-likeness (QED) is 0.918. The first-order chi connectivity index (χ1) is 9.19. The Balaban J connectivity index is 2.33. The van der Waals surface area contributed by atoms with Gasteiger partial charge in [-0.25, -0.2) is 4.79 Å². The molecule has 0 unspecified atom stereocenters. The highest BCUT2D eigenvalue weighted by Gasteiger charge is 2.19. The molecule has 112 valence electrons. The molecule has 0 saturated carbocycles. The smallest absolute Gasteiger partial charge is 0.410 e. The molecule has 1 heterocycles. The molecule has 20 heavy (non-hydrogen) atoms. The first-order valence-electron chi connectivity index (χ1n) is 6.46. The fourth-order valence-corrected chi connectivity index (χ4v) is 1.43. The summed E-state index contributed by atoms with van der Waals surface area (Å²) in [6, 6.07) is 1.66. The lowest BCUT2D eigenvalue weighted by Gasteiger charge is -2.24. The maximum atomic E-state index is 11.7. The topological polar surface area (TPSA) is 71.8 Å². The van der Waals surface area contributed by atoms with Gasteiger partial charge in [-0.2, -0.15) is 0 Å². The van der Waals surface area contributed by atoms with E-state index in [4.69, 9.17) is 9.15 Å². The standard InChI is InChI=1S/C14H22N2O4/c1-10-8-11(9-19-10)12(17)15-6-7-16(5)13(18)20-14(2,3)4/h8-9H,6-7H2,1-5H3,(H,15,17). The number of carbonyl (C=O) groups is 2. The van der Waals surface area contributed by atoms with Crippen molar-refractivity contribution in [3.8, 4) is 0 Å². The van der Waals surface area contributed by atoms with Crippen LogP contribution in [0.3, 0.4) is 0 Å². The van der Waals surface area contributed by atoms with Crippen LogP contribution in [0.2, 0.25) is 0 Å². The zero-order valence-corrected chi connectivity index (χ0v) is 12.6. The fraction of sp³-hybridized carbons (Fsp3) is 0.571. The number of aryl methyl sites for hydroxylation is 1. The van der Waals surface area contributed by atoms with E-state index in [9.17, 15) is 9.59 Å². The van der Waals surface area contributed by atoms with E-state index in [2.05, 4.69) is 5.32 Å². The Morgan fingerprint density at radius 3 is 2.55 bits per heavy atom. The molecule has 1 aromatic heterocycles. The number of hydrogen-bond donors (Lipinski definition) is 1. The fourth-order valence-electron chi connectivity index (χ4n) is 1.43. The molecule has 0 bridgehead atoms. The van der Waals surface area contributed by atoms with Crippen LogP contribution in [0.15, 0.2) is 16.7 Å². The van der Waals surface area contributed by atoms with Crippen molar-refractivity contribution in [2.24, 2.45) is 0 Å². The molecule has 0 spiro atoms.